The van der Waals surface area contributed by atoms with Gasteiger partial charge in [0.1, 0.15) is 0 Å². The van der Waals surface area contributed by atoms with Crippen molar-refractivity contribution in [1.82, 2.24) is 4.72 Å². The molecule has 0 aliphatic carbocycles. The van der Waals surface area contributed by atoms with Crippen molar-refractivity contribution in [3.05, 3.63) is 63.7 Å². The predicted octanol–water partition coefficient (Wildman–Crippen LogP) is 5.47. The molecule has 0 spiro atoms. The second kappa shape index (κ2) is 7.93. The van der Waals surface area contributed by atoms with Gasteiger partial charge in [-0.3, -0.25) is 0 Å². The van der Waals surface area contributed by atoms with Gasteiger partial charge in [-0.1, -0.05) is 51.1 Å². The molecule has 0 fully saturated rings. The van der Waals surface area contributed by atoms with Crippen LogP contribution in [0.4, 0.5) is 0 Å². The summed E-state index contributed by atoms with van der Waals surface area (Å²) < 4.78 is 29.3. The molecule has 0 heterocycles. The standard InChI is InChI=1S/C22H31NO2S/c1-8-21(20-11-9-19(10-12-20)14(2)3)23-26(24,25)22-17(6)15(4)13-16(5)18(22)7/h9-14,21,23H,8H2,1-7H3. The Labute approximate surface area is 158 Å². The van der Waals surface area contributed by atoms with Crippen LogP contribution in [0.3, 0.4) is 0 Å². The largest absolute Gasteiger partial charge is 0.241 e. The third kappa shape index (κ3) is 4.18. The van der Waals surface area contributed by atoms with E-state index in [1.165, 1.54) is 5.56 Å². The summed E-state index contributed by atoms with van der Waals surface area (Å²) in [7, 11) is -3.60. The number of nitrogens with one attached hydrogen (secondary N) is 1. The van der Waals surface area contributed by atoms with E-state index in [-0.39, 0.29) is 6.04 Å². The van der Waals surface area contributed by atoms with Crippen molar-refractivity contribution in [3.63, 3.8) is 0 Å². The van der Waals surface area contributed by atoms with E-state index in [9.17, 15) is 8.42 Å². The van der Waals surface area contributed by atoms with Gasteiger partial charge in [0.2, 0.25) is 10.0 Å². The molecule has 1 atom stereocenters. The van der Waals surface area contributed by atoms with Crippen LogP contribution in [-0.2, 0) is 10.0 Å². The average Bonchev–Trinajstić information content (AvgIpc) is 2.58. The van der Waals surface area contributed by atoms with Crippen LogP contribution < -0.4 is 4.72 Å². The average molecular weight is 374 g/mol. The van der Waals surface area contributed by atoms with Crippen molar-refractivity contribution in [2.75, 3.05) is 0 Å². The van der Waals surface area contributed by atoms with Crippen molar-refractivity contribution in [1.29, 1.82) is 0 Å². The Balaban J connectivity index is 2.41. The second-order valence-corrected chi connectivity index (χ2v) is 9.14. The molecular formula is C22H31NO2S. The Bertz CT molecular complexity index is 855. The van der Waals surface area contributed by atoms with Gasteiger partial charge >= 0.3 is 0 Å². The SMILES string of the molecule is CCC(NS(=O)(=O)c1c(C)c(C)cc(C)c1C)c1ccc(C(C)C)cc1. The topological polar surface area (TPSA) is 46.2 Å². The van der Waals surface area contributed by atoms with E-state index in [0.29, 0.717) is 17.2 Å². The maximum Gasteiger partial charge on any atom is 0.241 e. The van der Waals surface area contributed by atoms with Gasteiger partial charge in [-0.15, -0.1) is 0 Å². The Morgan fingerprint density at radius 3 is 1.77 bits per heavy atom. The Kier molecular flexibility index (Phi) is 6.30. The highest BCUT2D eigenvalue weighted by atomic mass is 32.2. The fourth-order valence-electron chi connectivity index (χ4n) is 3.33. The molecule has 26 heavy (non-hydrogen) atoms. The first-order chi connectivity index (χ1) is 12.1. The lowest BCUT2D eigenvalue weighted by Crippen LogP contribution is -2.30. The molecule has 0 amide bonds. The highest BCUT2D eigenvalue weighted by Crippen LogP contribution is 2.28. The minimum absolute atomic E-state index is 0.235. The van der Waals surface area contributed by atoms with E-state index >= 15 is 0 Å². The Morgan fingerprint density at radius 2 is 1.35 bits per heavy atom. The molecule has 0 bridgehead atoms. The molecular weight excluding hydrogens is 342 g/mol. The lowest BCUT2D eigenvalue weighted by molar-refractivity contribution is 0.548. The molecule has 2 rings (SSSR count). The van der Waals surface area contributed by atoms with Crippen molar-refractivity contribution in [2.45, 2.75) is 71.7 Å². The zero-order valence-corrected chi connectivity index (χ0v) is 17.8. The molecule has 3 nitrogen and oxygen atoms in total. The van der Waals surface area contributed by atoms with Gasteiger partial charge in [0.25, 0.3) is 0 Å². The van der Waals surface area contributed by atoms with Crippen LogP contribution in [0.2, 0.25) is 0 Å². The zero-order chi connectivity index (χ0) is 19.6. The highest BCUT2D eigenvalue weighted by Gasteiger charge is 2.25. The van der Waals surface area contributed by atoms with Gasteiger partial charge in [0.05, 0.1) is 4.90 Å². The summed E-state index contributed by atoms with van der Waals surface area (Å²) in [6.07, 6.45) is 0.698. The summed E-state index contributed by atoms with van der Waals surface area (Å²) in [6, 6.07) is 10.1. The minimum atomic E-state index is -3.60. The van der Waals surface area contributed by atoms with Crippen LogP contribution >= 0.6 is 0 Å². The van der Waals surface area contributed by atoms with E-state index in [1.54, 1.807) is 0 Å². The first kappa shape index (κ1) is 20.7. The number of aryl methyl sites for hydroxylation is 2. The van der Waals surface area contributed by atoms with Crippen LogP contribution in [0.5, 0.6) is 0 Å². The first-order valence-electron chi connectivity index (χ1n) is 9.28. The van der Waals surface area contributed by atoms with Gasteiger partial charge in [0, 0.05) is 6.04 Å². The van der Waals surface area contributed by atoms with Crippen molar-refractivity contribution in [3.8, 4) is 0 Å². The lowest BCUT2D eigenvalue weighted by atomic mass is 9.98. The number of sulfonamides is 1. The van der Waals surface area contributed by atoms with E-state index in [0.717, 1.165) is 27.8 Å². The summed E-state index contributed by atoms with van der Waals surface area (Å²) in [5.74, 6) is 0.460. The van der Waals surface area contributed by atoms with Gasteiger partial charge in [0.15, 0.2) is 0 Å². The summed E-state index contributed by atoms with van der Waals surface area (Å²) in [5, 5.41) is 0. The molecule has 2 aromatic carbocycles. The van der Waals surface area contributed by atoms with Crippen LogP contribution in [0, 0.1) is 27.7 Å². The van der Waals surface area contributed by atoms with Crippen LogP contribution in [0.1, 0.15) is 72.5 Å². The first-order valence-corrected chi connectivity index (χ1v) is 10.8. The molecule has 142 valence electrons. The van der Waals surface area contributed by atoms with Crippen molar-refractivity contribution < 1.29 is 8.42 Å². The molecule has 2 aromatic rings. The fourth-order valence-corrected chi connectivity index (χ4v) is 5.25. The maximum absolute atomic E-state index is 13.2. The van der Waals surface area contributed by atoms with Crippen molar-refractivity contribution >= 4 is 10.0 Å². The van der Waals surface area contributed by atoms with E-state index in [1.807, 2.05) is 52.8 Å². The molecule has 0 radical (unpaired) electrons. The number of hydrogen-bond acceptors (Lipinski definition) is 2. The van der Waals surface area contributed by atoms with Crippen molar-refractivity contribution in [2.24, 2.45) is 0 Å². The molecule has 1 N–H and O–H groups in total. The Morgan fingerprint density at radius 1 is 0.885 bits per heavy atom. The monoisotopic (exact) mass is 373 g/mol. The van der Waals surface area contributed by atoms with E-state index in [4.69, 9.17) is 0 Å². The lowest BCUT2D eigenvalue weighted by Gasteiger charge is -2.21. The third-order valence-electron chi connectivity index (χ3n) is 5.28. The van der Waals surface area contributed by atoms with E-state index in [2.05, 4.69) is 30.7 Å². The quantitative estimate of drug-likeness (QED) is 0.729. The van der Waals surface area contributed by atoms with Gasteiger partial charge in [-0.2, -0.15) is 0 Å². The number of hydrogen-bond donors (Lipinski definition) is 1. The van der Waals surface area contributed by atoms with Crippen LogP contribution in [-0.4, -0.2) is 8.42 Å². The van der Waals surface area contributed by atoms with Crippen LogP contribution in [0.15, 0.2) is 35.2 Å². The normalized spacial score (nSPS) is 13.2. The number of benzene rings is 2. The molecule has 0 saturated heterocycles. The van der Waals surface area contributed by atoms with Gasteiger partial charge in [-0.05, 0) is 73.4 Å². The fraction of sp³-hybridized carbons (Fsp3) is 0.455. The molecule has 4 heteroatoms. The highest BCUT2D eigenvalue weighted by molar-refractivity contribution is 7.89. The maximum atomic E-state index is 13.2. The van der Waals surface area contributed by atoms with Crippen LogP contribution in [0.25, 0.3) is 0 Å². The molecule has 0 saturated carbocycles. The third-order valence-corrected chi connectivity index (χ3v) is 7.02. The molecule has 1 unspecified atom stereocenters. The van der Waals surface area contributed by atoms with Gasteiger partial charge in [-0.25, -0.2) is 13.1 Å². The van der Waals surface area contributed by atoms with E-state index < -0.39 is 10.0 Å². The Hall–Kier alpha value is -1.65. The number of rotatable bonds is 6. The minimum Gasteiger partial charge on any atom is -0.207 e. The molecule has 0 aromatic heterocycles. The zero-order valence-electron chi connectivity index (χ0n) is 17.0. The smallest absolute Gasteiger partial charge is 0.207 e. The van der Waals surface area contributed by atoms with Gasteiger partial charge < -0.3 is 0 Å². The molecule has 0 aliphatic heterocycles. The second-order valence-electron chi connectivity index (χ2n) is 7.49. The summed E-state index contributed by atoms with van der Waals surface area (Å²) >= 11 is 0. The summed E-state index contributed by atoms with van der Waals surface area (Å²) in [5.41, 5.74) is 5.91. The summed E-state index contributed by atoms with van der Waals surface area (Å²) in [4.78, 5) is 0.423. The molecule has 0 aliphatic rings. The summed E-state index contributed by atoms with van der Waals surface area (Å²) in [6.45, 7) is 14.0. The predicted molar refractivity (Wildman–Crippen MR) is 109 cm³/mol.